The molecule has 0 radical (unpaired) electrons. The Morgan fingerprint density at radius 2 is 2.08 bits per heavy atom. The van der Waals surface area contributed by atoms with Crippen LogP contribution in [0.25, 0.3) is 0 Å². The summed E-state index contributed by atoms with van der Waals surface area (Å²) < 4.78 is 29.3. The van der Waals surface area contributed by atoms with E-state index in [9.17, 15) is 8.42 Å². The van der Waals surface area contributed by atoms with Crippen molar-refractivity contribution in [2.75, 3.05) is 26.7 Å². The molecule has 3 rings (SSSR count). The summed E-state index contributed by atoms with van der Waals surface area (Å²) in [6.45, 7) is 1.37. The van der Waals surface area contributed by atoms with Crippen LogP contribution < -0.4 is 0 Å². The van der Waals surface area contributed by atoms with Gasteiger partial charge in [-0.2, -0.15) is 9.57 Å². The first-order chi connectivity index (χ1) is 11.4. The van der Waals surface area contributed by atoms with E-state index >= 15 is 0 Å². The lowest BCUT2D eigenvalue weighted by Gasteiger charge is -2.38. The number of hydrogen-bond acceptors (Lipinski definition) is 5. The van der Waals surface area contributed by atoms with Crippen LogP contribution in [0.4, 0.5) is 0 Å². The van der Waals surface area contributed by atoms with E-state index in [-0.39, 0.29) is 10.9 Å². The molecule has 1 aromatic carbocycles. The fourth-order valence-electron chi connectivity index (χ4n) is 2.92. The molecule has 1 aliphatic heterocycles. The maximum Gasteiger partial charge on any atom is 0.243 e. The van der Waals surface area contributed by atoms with Crippen molar-refractivity contribution in [1.82, 2.24) is 18.8 Å². The lowest BCUT2D eigenvalue weighted by atomic mass is 10.2. The Morgan fingerprint density at radius 3 is 2.75 bits per heavy atom. The highest BCUT2D eigenvalue weighted by Crippen LogP contribution is 2.27. The molecular formula is C16H19N5O2S. The first-order valence-corrected chi connectivity index (χ1v) is 9.05. The summed E-state index contributed by atoms with van der Waals surface area (Å²) in [4.78, 5) is 6.63. The van der Waals surface area contributed by atoms with Gasteiger partial charge in [-0.15, -0.1) is 0 Å². The third kappa shape index (κ3) is 2.94. The Balaban J connectivity index is 1.91. The van der Waals surface area contributed by atoms with Crippen molar-refractivity contribution in [1.29, 1.82) is 5.26 Å². The minimum atomic E-state index is -3.64. The number of piperazine rings is 1. The SMILES string of the molecule is CN1CCN(S(=O)(=O)c2cccc(C#N)c2)C[C@H]1c1nccn1C. The Labute approximate surface area is 141 Å². The monoisotopic (exact) mass is 345 g/mol. The summed E-state index contributed by atoms with van der Waals surface area (Å²) >= 11 is 0. The van der Waals surface area contributed by atoms with Gasteiger partial charge in [0.25, 0.3) is 0 Å². The first kappa shape index (κ1) is 16.6. The molecule has 2 heterocycles. The third-order valence-corrected chi connectivity index (χ3v) is 6.23. The van der Waals surface area contributed by atoms with Gasteiger partial charge in [-0.25, -0.2) is 13.4 Å². The number of likely N-dealkylation sites (N-methyl/N-ethyl adjacent to an activating group) is 1. The molecule has 1 fully saturated rings. The third-order valence-electron chi connectivity index (χ3n) is 4.37. The summed E-state index contributed by atoms with van der Waals surface area (Å²) in [5.74, 6) is 0.836. The molecule has 0 bridgehead atoms. The van der Waals surface area contributed by atoms with Gasteiger partial charge in [-0.05, 0) is 25.2 Å². The largest absolute Gasteiger partial charge is 0.337 e. The molecule has 1 aromatic heterocycles. The molecule has 1 atom stereocenters. The highest BCUT2D eigenvalue weighted by molar-refractivity contribution is 7.89. The summed E-state index contributed by atoms with van der Waals surface area (Å²) in [6.07, 6.45) is 3.57. The average molecular weight is 345 g/mol. The van der Waals surface area contributed by atoms with Crippen LogP contribution in [0, 0.1) is 11.3 Å². The predicted molar refractivity (Wildman–Crippen MR) is 88.5 cm³/mol. The molecule has 24 heavy (non-hydrogen) atoms. The number of aryl methyl sites for hydroxylation is 1. The van der Waals surface area contributed by atoms with Crippen molar-refractivity contribution < 1.29 is 8.42 Å². The quantitative estimate of drug-likeness (QED) is 0.828. The second-order valence-electron chi connectivity index (χ2n) is 5.90. The van der Waals surface area contributed by atoms with E-state index in [1.165, 1.54) is 16.4 Å². The van der Waals surface area contributed by atoms with Crippen LogP contribution in [0.5, 0.6) is 0 Å². The fourth-order valence-corrected chi connectivity index (χ4v) is 4.40. The molecule has 0 saturated carbocycles. The van der Waals surface area contributed by atoms with Crippen LogP contribution in [0.15, 0.2) is 41.6 Å². The fraction of sp³-hybridized carbons (Fsp3) is 0.375. The normalized spacial score (nSPS) is 20.0. The zero-order valence-corrected chi connectivity index (χ0v) is 14.4. The van der Waals surface area contributed by atoms with Crippen LogP contribution in [0.3, 0.4) is 0 Å². The minimum absolute atomic E-state index is 0.104. The molecule has 126 valence electrons. The van der Waals surface area contributed by atoms with Crippen LogP contribution >= 0.6 is 0 Å². The maximum absolute atomic E-state index is 12.9. The van der Waals surface area contributed by atoms with Gasteiger partial charge in [0.2, 0.25) is 10.0 Å². The average Bonchev–Trinajstić information content (AvgIpc) is 3.01. The lowest BCUT2D eigenvalue weighted by Crippen LogP contribution is -2.49. The van der Waals surface area contributed by atoms with E-state index in [0.29, 0.717) is 25.2 Å². The standard InChI is InChI=1S/C16H19N5O2S/c1-19-8-9-21(12-15(19)16-18-6-7-20(16)2)24(22,23)14-5-3-4-13(10-14)11-17/h3-7,10,15H,8-9,12H2,1-2H3/t15-/m0/s1. The van der Waals surface area contributed by atoms with Gasteiger partial charge in [0.1, 0.15) is 5.82 Å². The van der Waals surface area contributed by atoms with Gasteiger partial charge in [-0.3, -0.25) is 4.90 Å². The van der Waals surface area contributed by atoms with Gasteiger partial charge in [0.05, 0.1) is 22.6 Å². The highest BCUT2D eigenvalue weighted by atomic mass is 32.2. The number of rotatable bonds is 3. The number of benzene rings is 1. The predicted octanol–water partition coefficient (Wildman–Crippen LogP) is 0.969. The Hall–Kier alpha value is -2.21. The molecule has 2 aromatic rings. The van der Waals surface area contributed by atoms with Crippen molar-refractivity contribution >= 4 is 10.0 Å². The summed E-state index contributed by atoms with van der Waals surface area (Å²) in [6, 6.07) is 8.02. The molecular weight excluding hydrogens is 326 g/mol. The van der Waals surface area contributed by atoms with Gasteiger partial charge >= 0.3 is 0 Å². The minimum Gasteiger partial charge on any atom is -0.337 e. The lowest BCUT2D eigenvalue weighted by molar-refractivity contribution is 0.140. The van der Waals surface area contributed by atoms with Gasteiger partial charge < -0.3 is 4.57 Å². The second-order valence-corrected chi connectivity index (χ2v) is 7.83. The second kappa shape index (κ2) is 6.36. The maximum atomic E-state index is 12.9. The first-order valence-electron chi connectivity index (χ1n) is 7.61. The Kier molecular flexibility index (Phi) is 4.41. The van der Waals surface area contributed by atoms with Gasteiger partial charge in [0, 0.05) is 39.1 Å². The van der Waals surface area contributed by atoms with E-state index < -0.39 is 10.0 Å². The van der Waals surface area contributed by atoms with E-state index in [1.54, 1.807) is 18.3 Å². The number of nitriles is 1. The molecule has 0 unspecified atom stereocenters. The van der Waals surface area contributed by atoms with Gasteiger partial charge in [-0.1, -0.05) is 6.07 Å². The van der Waals surface area contributed by atoms with E-state index in [1.807, 2.05) is 30.9 Å². The number of aromatic nitrogens is 2. The number of nitrogens with zero attached hydrogens (tertiary/aromatic N) is 5. The van der Waals surface area contributed by atoms with Crippen LogP contribution in [0.2, 0.25) is 0 Å². The number of hydrogen-bond donors (Lipinski definition) is 0. The molecule has 0 amide bonds. The van der Waals surface area contributed by atoms with Crippen molar-refractivity contribution in [3.63, 3.8) is 0 Å². The molecule has 0 N–H and O–H groups in total. The van der Waals surface area contributed by atoms with E-state index in [4.69, 9.17) is 5.26 Å². The van der Waals surface area contributed by atoms with Crippen molar-refractivity contribution in [3.8, 4) is 6.07 Å². The zero-order chi connectivity index (χ0) is 17.3. The highest BCUT2D eigenvalue weighted by Gasteiger charge is 2.35. The molecule has 1 aliphatic rings. The van der Waals surface area contributed by atoms with Crippen LogP contribution in [-0.2, 0) is 17.1 Å². The van der Waals surface area contributed by atoms with Crippen LogP contribution in [0.1, 0.15) is 17.4 Å². The summed E-state index contributed by atoms with van der Waals surface area (Å²) in [5, 5.41) is 8.99. The smallest absolute Gasteiger partial charge is 0.243 e. The molecule has 0 spiro atoms. The van der Waals surface area contributed by atoms with E-state index in [2.05, 4.69) is 9.88 Å². The Bertz CT molecular complexity index is 884. The van der Waals surface area contributed by atoms with Crippen molar-refractivity contribution in [2.45, 2.75) is 10.9 Å². The van der Waals surface area contributed by atoms with E-state index in [0.717, 1.165) is 5.82 Å². The molecule has 8 heteroatoms. The molecule has 0 aliphatic carbocycles. The zero-order valence-electron chi connectivity index (χ0n) is 13.6. The van der Waals surface area contributed by atoms with Crippen molar-refractivity contribution in [2.24, 2.45) is 7.05 Å². The van der Waals surface area contributed by atoms with Crippen LogP contribution in [-0.4, -0.2) is 53.9 Å². The van der Waals surface area contributed by atoms with Crippen molar-refractivity contribution in [3.05, 3.63) is 48.0 Å². The Morgan fingerprint density at radius 1 is 1.29 bits per heavy atom. The topological polar surface area (TPSA) is 82.2 Å². The molecule has 1 saturated heterocycles. The number of imidazole rings is 1. The van der Waals surface area contributed by atoms with Gasteiger partial charge in [0.15, 0.2) is 0 Å². The summed E-state index contributed by atoms with van der Waals surface area (Å²) in [7, 11) is 0.238. The molecule has 7 nitrogen and oxygen atoms in total. The number of sulfonamides is 1. The summed E-state index contributed by atoms with van der Waals surface area (Å²) in [5.41, 5.74) is 0.339.